The molecule has 2 N–H and O–H groups in total. The molecule has 4 heterocycles. The van der Waals surface area contributed by atoms with Crippen LogP contribution in [0.4, 0.5) is 5.82 Å². The largest absolute Gasteiger partial charge is 0.353 e. The molecule has 0 bridgehead atoms. The molecule has 6 nitrogen and oxygen atoms in total. The van der Waals surface area contributed by atoms with Gasteiger partial charge in [-0.3, -0.25) is 0 Å². The zero-order chi connectivity index (χ0) is 17.8. The number of anilines is 1. The summed E-state index contributed by atoms with van der Waals surface area (Å²) in [6.45, 7) is 3.02. The Morgan fingerprint density at radius 1 is 1.04 bits per heavy atom. The first-order chi connectivity index (χ1) is 13.3. The Morgan fingerprint density at radius 3 is 2.93 bits per heavy atom. The quantitative estimate of drug-likeness (QED) is 0.577. The van der Waals surface area contributed by atoms with Crippen molar-refractivity contribution in [3.8, 4) is 11.1 Å². The number of hydrogen-bond acceptors (Lipinski definition) is 5. The minimum atomic E-state index is 0.315. The lowest BCUT2D eigenvalue weighted by atomic mass is 10.0. The third-order valence-electron chi connectivity index (χ3n) is 5.90. The Labute approximate surface area is 156 Å². The van der Waals surface area contributed by atoms with Gasteiger partial charge in [-0.1, -0.05) is 6.07 Å². The molecule has 1 aromatic carbocycles. The smallest absolute Gasteiger partial charge is 0.140 e. The highest BCUT2D eigenvalue weighted by atomic mass is 15.3. The van der Waals surface area contributed by atoms with Crippen LogP contribution in [0.5, 0.6) is 0 Å². The van der Waals surface area contributed by atoms with Crippen LogP contribution in [0.25, 0.3) is 33.1 Å². The molecule has 1 aliphatic heterocycles. The fourth-order valence-corrected chi connectivity index (χ4v) is 4.28. The Kier molecular flexibility index (Phi) is 3.08. The van der Waals surface area contributed by atoms with Gasteiger partial charge < -0.3 is 15.2 Å². The number of H-pyrrole nitrogens is 1. The minimum absolute atomic E-state index is 0.315. The molecule has 0 radical (unpaired) electrons. The lowest BCUT2D eigenvalue weighted by Gasteiger charge is -2.35. The van der Waals surface area contributed by atoms with Crippen LogP contribution in [0.1, 0.15) is 12.8 Å². The van der Waals surface area contributed by atoms with Gasteiger partial charge in [0.15, 0.2) is 0 Å². The number of aromatic amines is 1. The van der Waals surface area contributed by atoms with Crippen LogP contribution < -0.4 is 10.2 Å². The number of fused-ring (bicyclic) bond motifs is 2. The molecule has 1 saturated carbocycles. The predicted molar refractivity (Wildman–Crippen MR) is 107 cm³/mol. The van der Waals surface area contributed by atoms with E-state index in [2.05, 4.69) is 54.4 Å². The van der Waals surface area contributed by atoms with E-state index in [1.807, 2.05) is 18.5 Å². The summed E-state index contributed by atoms with van der Waals surface area (Å²) < 4.78 is 0. The molecule has 1 aliphatic carbocycles. The van der Waals surface area contributed by atoms with Crippen LogP contribution in [0, 0.1) is 0 Å². The van der Waals surface area contributed by atoms with Gasteiger partial charge in [-0.2, -0.15) is 0 Å². The first kappa shape index (κ1) is 15.1. The second-order valence-corrected chi connectivity index (χ2v) is 7.66. The number of hydrogen-bond donors (Lipinski definition) is 2. The third-order valence-corrected chi connectivity index (χ3v) is 5.90. The molecule has 6 heteroatoms. The molecular formula is C21H20N6. The minimum Gasteiger partial charge on any atom is -0.353 e. The van der Waals surface area contributed by atoms with Crippen molar-refractivity contribution in [2.24, 2.45) is 0 Å². The zero-order valence-electron chi connectivity index (χ0n) is 14.9. The van der Waals surface area contributed by atoms with E-state index >= 15 is 0 Å². The highest BCUT2D eigenvalue weighted by Crippen LogP contribution is 2.40. The van der Waals surface area contributed by atoms with Crippen LogP contribution in [-0.2, 0) is 0 Å². The molecular weight excluding hydrogens is 336 g/mol. The maximum Gasteiger partial charge on any atom is 0.140 e. The van der Waals surface area contributed by atoms with Crippen molar-refractivity contribution >= 4 is 27.8 Å². The van der Waals surface area contributed by atoms with Crippen molar-refractivity contribution in [2.45, 2.75) is 18.4 Å². The van der Waals surface area contributed by atoms with Crippen LogP contribution in [0.3, 0.4) is 0 Å². The standard InChI is InChI=1S/C21H20N6/c1-2-15-17(11-23-19(15)22-7-1)14-3-4-18-16(10-14)20(25-13-24-18)27-9-8-26-21(12-27)5-6-21/h1-4,7,10-11,13,26H,5-6,8-9,12H2,(H,22,23). The van der Waals surface area contributed by atoms with Crippen molar-refractivity contribution < 1.29 is 0 Å². The molecule has 0 atom stereocenters. The van der Waals surface area contributed by atoms with E-state index in [-0.39, 0.29) is 0 Å². The van der Waals surface area contributed by atoms with Gasteiger partial charge in [0.05, 0.1) is 5.52 Å². The Bertz CT molecular complexity index is 1160. The second-order valence-electron chi connectivity index (χ2n) is 7.66. The Balaban J connectivity index is 1.49. The van der Waals surface area contributed by atoms with Gasteiger partial charge in [-0.15, -0.1) is 0 Å². The fourth-order valence-electron chi connectivity index (χ4n) is 4.28. The highest BCUT2D eigenvalue weighted by molar-refractivity contribution is 5.98. The predicted octanol–water partition coefficient (Wildman–Crippen LogP) is 3.12. The van der Waals surface area contributed by atoms with Gasteiger partial charge in [-0.25, -0.2) is 15.0 Å². The van der Waals surface area contributed by atoms with E-state index in [0.29, 0.717) is 5.54 Å². The van der Waals surface area contributed by atoms with Gasteiger partial charge in [-0.05, 0) is 42.7 Å². The van der Waals surface area contributed by atoms with Crippen molar-refractivity contribution in [3.05, 3.63) is 49.1 Å². The van der Waals surface area contributed by atoms with Crippen LogP contribution in [-0.4, -0.2) is 45.1 Å². The summed E-state index contributed by atoms with van der Waals surface area (Å²) in [5, 5.41) is 5.93. The van der Waals surface area contributed by atoms with Crippen LogP contribution >= 0.6 is 0 Å². The van der Waals surface area contributed by atoms with Crippen molar-refractivity contribution in [1.82, 2.24) is 25.3 Å². The molecule has 134 valence electrons. The maximum absolute atomic E-state index is 4.68. The molecule has 6 rings (SSSR count). The molecule has 1 spiro atoms. The van der Waals surface area contributed by atoms with Gasteiger partial charge >= 0.3 is 0 Å². The number of piperazine rings is 1. The fraction of sp³-hybridized carbons (Fsp3) is 0.286. The molecule has 27 heavy (non-hydrogen) atoms. The van der Waals surface area contributed by atoms with Crippen molar-refractivity contribution in [2.75, 3.05) is 24.5 Å². The summed E-state index contributed by atoms with van der Waals surface area (Å²) in [5.41, 5.74) is 4.54. The summed E-state index contributed by atoms with van der Waals surface area (Å²) >= 11 is 0. The number of rotatable bonds is 2. The van der Waals surface area contributed by atoms with Gasteiger partial charge in [0.25, 0.3) is 0 Å². The molecule has 2 fully saturated rings. The van der Waals surface area contributed by atoms with Gasteiger partial charge in [0, 0.05) is 53.9 Å². The SMILES string of the molecule is c1cnc2[nH]cc(-c3ccc4ncnc(N5CCNC6(CC6)C5)c4c3)c2c1. The van der Waals surface area contributed by atoms with Crippen molar-refractivity contribution in [3.63, 3.8) is 0 Å². The lowest BCUT2D eigenvalue weighted by molar-refractivity contribution is 0.441. The van der Waals surface area contributed by atoms with E-state index in [1.165, 1.54) is 12.8 Å². The van der Waals surface area contributed by atoms with E-state index in [9.17, 15) is 0 Å². The van der Waals surface area contributed by atoms with Crippen LogP contribution in [0.2, 0.25) is 0 Å². The normalized spacial score (nSPS) is 18.4. The first-order valence-corrected chi connectivity index (χ1v) is 9.49. The monoisotopic (exact) mass is 356 g/mol. The Morgan fingerprint density at radius 2 is 2.00 bits per heavy atom. The number of pyridine rings is 1. The Hall–Kier alpha value is -2.99. The van der Waals surface area contributed by atoms with E-state index in [4.69, 9.17) is 0 Å². The molecule has 4 aromatic rings. The summed E-state index contributed by atoms with van der Waals surface area (Å²) in [6, 6.07) is 10.5. The van der Waals surface area contributed by atoms with Gasteiger partial charge in [0.1, 0.15) is 17.8 Å². The third kappa shape index (κ3) is 2.40. The molecule has 2 aliphatic rings. The summed E-state index contributed by atoms with van der Waals surface area (Å²) in [7, 11) is 0. The number of benzene rings is 1. The topological polar surface area (TPSA) is 69.7 Å². The second kappa shape index (κ2) is 5.50. The number of nitrogens with one attached hydrogen (secondary N) is 2. The average Bonchev–Trinajstić information content (AvgIpc) is 3.31. The molecule has 1 saturated heterocycles. The summed E-state index contributed by atoms with van der Waals surface area (Å²) in [5.74, 6) is 1.05. The highest BCUT2D eigenvalue weighted by Gasteiger charge is 2.45. The van der Waals surface area contributed by atoms with Crippen LogP contribution in [0.15, 0.2) is 49.1 Å². The number of nitrogens with zero attached hydrogens (tertiary/aromatic N) is 4. The average molecular weight is 356 g/mol. The van der Waals surface area contributed by atoms with E-state index < -0.39 is 0 Å². The first-order valence-electron chi connectivity index (χ1n) is 9.49. The maximum atomic E-state index is 4.68. The van der Waals surface area contributed by atoms with E-state index in [1.54, 1.807) is 6.33 Å². The summed E-state index contributed by atoms with van der Waals surface area (Å²) in [6.07, 6.45) is 8.06. The summed E-state index contributed by atoms with van der Waals surface area (Å²) in [4.78, 5) is 19.3. The number of aromatic nitrogens is 4. The molecule has 0 unspecified atom stereocenters. The van der Waals surface area contributed by atoms with Crippen molar-refractivity contribution in [1.29, 1.82) is 0 Å². The van der Waals surface area contributed by atoms with Gasteiger partial charge in [0.2, 0.25) is 0 Å². The molecule has 0 amide bonds. The van der Waals surface area contributed by atoms with E-state index in [0.717, 1.165) is 58.5 Å². The lowest BCUT2D eigenvalue weighted by Crippen LogP contribution is -2.52. The zero-order valence-corrected chi connectivity index (χ0v) is 14.9. The molecule has 3 aromatic heterocycles.